The van der Waals surface area contributed by atoms with Crippen LogP contribution in [-0.2, 0) is 13.2 Å². The maximum absolute atomic E-state index is 8.93. The van der Waals surface area contributed by atoms with E-state index in [2.05, 4.69) is 26.3 Å². The first kappa shape index (κ1) is 11.4. The van der Waals surface area contributed by atoms with Crippen LogP contribution in [0.25, 0.3) is 0 Å². The van der Waals surface area contributed by atoms with Gasteiger partial charge in [-0.2, -0.15) is 5.10 Å². The largest absolute Gasteiger partial charge is 0.390 e. The van der Waals surface area contributed by atoms with Crippen LogP contribution in [0.2, 0.25) is 0 Å². The molecule has 1 saturated carbocycles. The van der Waals surface area contributed by atoms with Crippen LogP contribution in [0, 0.1) is 0 Å². The number of aromatic nitrogens is 5. The number of aliphatic hydroxyl groups excluding tert-OH is 1. The lowest BCUT2D eigenvalue weighted by Crippen LogP contribution is -2.07. The zero-order valence-corrected chi connectivity index (χ0v) is 10.2. The molecule has 2 aromatic rings. The fourth-order valence-corrected chi connectivity index (χ4v) is 2.49. The summed E-state index contributed by atoms with van der Waals surface area (Å²) in [6, 6.07) is 2.60. The van der Waals surface area contributed by atoms with Gasteiger partial charge in [0.2, 0.25) is 0 Å². The van der Waals surface area contributed by atoms with E-state index < -0.39 is 0 Å². The molecular formula is C12H17N5O. The zero-order valence-electron chi connectivity index (χ0n) is 10.2. The molecule has 0 bridgehead atoms. The van der Waals surface area contributed by atoms with E-state index in [0.717, 1.165) is 5.69 Å². The van der Waals surface area contributed by atoms with Crippen molar-refractivity contribution in [3.63, 3.8) is 0 Å². The molecule has 0 saturated heterocycles. The molecular weight excluding hydrogens is 230 g/mol. The topological polar surface area (TPSA) is 68.8 Å². The zero-order chi connectivity index (χ0) is 12.4. The van der Waals surface area contributed by atoms with Gasteiger partial charge in [0.15, 0.2) is 0 Å². The molecule has 18 heavy (non-hydrogen) atoms. The number of hydrogen-bond acceptors (Lipinski definition) is 4. The number of nitrogens with zero attached hydrogens (tertiary/aromatic N) is 5. The van der Waals surface area contributed by atoms with Crippen molar-refractivity contribution in [3.05, 3.63) is 29.8 Å². The number of hydrogen-bond donors (Lipinski definition) is 1. The summed E-state index contributed by atoms with van der Waals surface area (Å²) in [6.45, 7) is 0.531. The lowest BCUT2D eigenvalue weighted by atomic mass is 10.3. The molecule has 0 aliphatic heterocycles. The minimum Gasteiger partial charge on any atom is -0.390 e. The third-order valence-electron chi connectivity index (χ3n) is 3.43. The van der Waals surface area contributed by atoms with Gasteiger partial charge in [0.1, 0.15) is 5.69 Å². The van der Waals surface area contributed by atoms with Crippen molar-refractivity contribution in [2.45, 2.75) is 44.9 Å². The van der Waals surface area contributed by atoms with E-state index in [4.69, 9.17) is 5.11 Å². The van der Waals surface area contributed by atoms with Gasteiger partial charge in [-0.1, -0.05) is 18.1 Å². The van der Waals surface area contributed by atoms with Gasteiger partial charge in [0, 0.05) is 6.20 Å². The maximum Gasteiger partial charge on any atom is 0.108 e. The summed E-state index contributed by atoms with van der Waals surface area (Å²) >= 11 is 0. The first-order valence-electron chi connectivity index (χ1n) is 6.39. The molecule has 6 nitrogen and oxygen atoms in total. The number of rotatable bonds is 4. The molecule has 96 valence electrons. The molecule has 0 unspecified atom stereocenters. The molecule has 0 atom stereocenters. The van der Waals surface area contributed by atoms with Crippen LogP contribution in [0.1, 0.15) is 43.1 Å². The molecule has 2 aromatic heterocycles. The number of aliphatic hydroxyl groups is 1. The van der Waals surface area contributed by atoms with Gasteiger partial charge >= 0.3 is 0 Å². The SMILES string of the molecule is OCc1cn(Cc2ccn(C3CCCC3)n2)nn1. The Hall–Kier alpha value is -1.69. The fourth-order valence-electron chi connectivity index (χ4n) is 2.49. The van der Waals surface area contributed by atoms with E-state index in [9.17, 15) is 0 Å². The van der Waals surface area contributed by atoms with Crippen LogP contribution in [0.5, 0.6) is 0 Å². The Labute approximate surface area is 105 Å². The Bertz CT molecular complexity index is 512. The van der Waals surface area contributed by atoms with Crippen molar-refractivity contribution < 1.29 is 5.11 Å². The Balaban J connectivity index is 1.69. The minimum atomic E-state index is -0.0729. The van der Waals surface area contributed by atoms with Crippen LogP contribution in [-0.4, -0.2) is 29.9 Å². The van der Waals surface area contributed by atoms with Gasteiger partial charge in [-0.15, -0.1) is 5.10 Å². The first-order valence-corrected chi connectivity index (χ1v) is 6.39. The van der Waals surface area contributed by atoms with E-state index >= 15 is 0 Å². The summed E-state index contributed by atoms with van der Waals surface area (Å²) in [5.74, 6) is 0. The summed E-state index contributed by atoms with van der Waals surface area (Å²) in [4.78, 5) is 0. The smallest absolute Gasteiger partial charge is 0.108 e. The standard InChI is InChI=1S/C12H17N5O/c18-9-11-8-16(15-13-11)7-10-5-6-17(14-10)12-3-1-2-4-12/h5-6,8,12,18H,1-4,7,9H2. The van der Waals surface area contributed by atoms with Crippen molar-refractivity contribution in [1.82, 2.24) is 24.8 Å². The normalized spacial score (nSPS) is 16.5. The Morgan fingerprint density at radius 3 is 2.83 bits per heavy atom. The Morgan fingerprint density at radius 2 is 2.11 bits per heavy atom. The van der Waals surface area contributed by atoms with Crippen LogP contribution >= 0.6 is 0 Å². The molecule has 0 radical (unpaired) electrons. The molecule has 1 aliphatic carbocycles. The minimum absolute atomic E-state index is 0.0729. The monoisotopic (exact) mass is 247 g/mol. The molecule has 1 N–H and O–H groups in total. The lowest BCUT2D eigenvalue weighted by Gasteiger charge is -2.08. The van der Waals surface area contributed by atoms with Crippen LogP contribution in [0.3, 0.4) is 0 Å². The van der Waals surface area contributed by atoms with E-state index in [0.29, 0.717) is 18.3 Å². The molecule has 2 heterocycles. The van der Waals surface area contributed by atoms with E-state index in [1.54, 1.807) is 10.9 Å². The fraction of sp³-hybridized carbons (Fsp3) is 0.583. The van der Waals surface area contributed by atoms with Crippen molar-refractivity contribution in [3.8, 4) is 0 Å². The second-order valence-electron chi connectivity index (χ2n) is 4.79. The van der Waals surface area contributed by atoms with Gasteiger partial charge in [0.05, 0.1) is 31.1 Å². The highest BCUT2D eigenvalue weighted by Crippen LogP contribution is 2.28. The van der Waals surface area contributed by atoms with Gasteiger partial charge in [0.25, 0.3) is 0 Å². The van der Waals surface area contributed by atoms with Gasteiger partial charge in [-0.25, -0.2) is 4.68 Å². The van der Waals surface area contributed by atoms with Gasteiger partial charge in [-0.05, 0) is 18.9 Å². The highest BCUT2D eigenvalue weighted by molar-refractivity contribution is 5.01. The van der Waals surface area contributed by atoms with E-state index in [1.165, 1.54) is 25.7 Å². The lowest BCUT2D eigenvalue weighted by molar-refractivity contribution is 0.276. The first-order chi connectivity index (χ1) is 8.85. The third-order valence-corrected chi connectivity index (χ3v) is 3.43. The predicted molar refractivity (Wildman–Crippen MR) is 64.8 cm³/mol. The predicted octanol–water partition coefficient (Wildman–Crippen LogP) is 1.13. The summed E-state index contributed by atoms with van der Waals surface area (Å²) in [5.41, 5.74) is 1.57. The van der Waals surface area contributed by atoms with E-state index in [1.807, 2.05) is 6.07 Å². The summed E-state index contributed by atoms with van der Waals surface area (Å²) in [7, 11) is 0. The highest BCUT2D eigenvalue weighted by atomic mass is 16.3. The average Bonchev–Trinajstić information content (AvgIpc) is 3.10. The summed E-state index contributed by atoms with van der Waals surface area (Å²) in [5, 5.41) is 21.3. The second kappa shape index (κ2) is 4.89. The molecule has 1 fully saturated rings. The second-order valence-corrected chi connectivity index (χ2v) is 4.79. The van der Waals surface area contributed by atoms with Crippen LogP contribution < -0.4 is 0 Å². The molecule has 0 amide bonds. The Kier molecular flexibility index (Phi) is 3.10. The van der Waals surface area contributed by atoms with Crippen molar-refractivity contribution in [2.24, 2.45) is 0 Å². The maximum atomic E-state index is 8.93. The summed E-state index contributed by atoms with van der Waals surface area (Å²) < 4.78 is 3.78. The highest BCUT2D eigenvalue weighted by Gasteiger charge is 2.17. The molecule has 3 rings (SSSR count). The molecule has 6 heteroatoms. The van der Waals surface area contributed by atoms with Gasteiger partial charge < -0.3 is 5.11 Å². The van der Waals surface area contributed by atoms with Crippen molar-refractivity contribution in [1.29, 1.82) is 0 Å². The van der Waals surface area contributed by atoms with Crippen molar-refractivity contribution in [2.75, 3.05) is 0 Å². The average molecular weight is 247 g/mol. The summed E-state index contributed by atoms with van der Waals surface area (Å²) in [6.07, 6.45) is 8.88. The third kappa shape index (κ3) is 2.28. The van der Waals surface area contributed by atoms with E-state index in [-0.39, 0.29) is 6.61 Å². The molecule has 0 aromatic carbocycles. The molecule has 1 aliphatic rings. The quantitative estimate of drug-likeness (QED) is 0.879. The van der Waals surface area contributed by atoms with Crippen LogP contribution in [0.4, 0.5) is 0 Å². The van der Waals surface area contributed by atoms with Crippen molar-refractivity contribution >= 4 is 0 Å². The Morgan fingerprint density at radius 1 is 1.28 bits per heavy atom. The molecule has 0 spiro atoms. The van der Waals surface area contributed by atoms with Gasteiger partial charge in [-0.3, -0.25) is 4.68 Å². The van der Waals surface area contributed by atoms with Crippen LogP contribution in [0.15, 0.2) is 18.5 Å².